The largest absolute Gasteiger partial charge is 0.336 e. The van der Waals surface area contributed by atoms with Crippen molar-refractivity contribution in [3.05, 3.63) is 35.6 Å². The van der Waals surface area contributed by atoms with E-state index in [0.29, 0.717) is 11.6 Å². The summed E-state index contributed by atoms with van der Waals surface area (Å²) in [5, 5.41) is 0. The molecule has 0 aromatic heterocycles. The van der Waals surface area contributed by atoms with Crippen molar-refractivity contribution >= 4 is 5.91 Å². The first-order chi connectivity index (χ1) is 7.72. The van der Waals surface area contributed by atoms with Gasteiger partial charge in [0, 0.05) is 18.2 Å². The first-order valence-electron chi connectivity index (χ1n) is 5.79. The van der Waals surface area contributed by atoms with E-state index in [1.807, 2.05) is 4.90 Å². The van der Waals surface area contributed by atoms with Gasteiger partial charge in [0.15, 0.2) is 0 Å². The van der Waals surface area contributed by atoms with Crippen LogP contribution in [0.25, 0.3) is 0 Å². The molecule has 1 fully saturated rings. The fourth-order valence-electron chi connectivity index (χ4n) is 2.29. The van der Waals surface area contributed by atoms with Crippen LogP contribution in [0.2, 0.25) is 0 Å². The van der Waals surface area contributed by atoms with E-state index in [1.165, 1.54) is 12.1 Å². The molecule has 1 heterocycles. The maximum Gasteiger partial charge on any atom is 0.254 e. The highest BCUT2D eigenvalue weighted by Gasteiger charge is 2.27. The molecular weight excluding hydrogens is 205 g/mol. The quantitative estimate of drug-likeness (QED) is 0.752. The van der Waals surface area contributed by atoms with E-state index in [0.717, 1.165) is 25.8 Å². The summed E-state index contributed by atoms with van der Waals surface area (Å²) in [6, 6.07) is 6.15. The zero-order chi connectivity index (χ0) is 11.5. The lowest BCUT2D eigenvalue weighted by molar-refractivity contribution is 0.0733. The SMILES string of the molecule is CC[C@H]1CCCN1C(=O)c1ccc(F)cc1. The lowest BCUT2D eigenvalue weighted by Crippen LogP contribution is -2.35. The number of likely N-dealkylation sites (tertiary alicyclic amines) is 1. The summed E-state index contributed by atoms with van der Waals surface area (Å²) in [7, 11) is 0. The molecule has 0 N–H and O–H groups in total. The summed E-state index contributed by atoms with van der Waals surface area (Å²) < 4.78 is 12.7. The maximum absolute atomic E-state index is 12.7. The summed E-state index contributed by atoms with van der Waals surface area (Å²) in [5.41, 5.74) is 0.585. The zero-order valence-corrected chi connectivity index (χ0v) is 9.45. The number of benzene rings is 1. The van der Waals surface area contributed by atoms with Crippen LogP contribution >= 0.6 is 0 Å². The molecule has 2 rings (SSSR count). The van der Waals surface area contributed by atoms with Crippen LogP contribution in [0.4, 0.5) is 4.39 Å². The van der Waals surface area contributed by atoms with E-state index >= 15 is 0 Å². The first-order valence-corrected chi connectivity index (χ1v) is 5.79. The Kier molecular flexibility index (Phi) is 3.22. The molecule has 0 spiro atoms. The molecule has 16 heavy (non-hydrogen) atoms. The van der Waals surface area contributed by atoms with Crippen LogP contribution in [-0.4, -0.2) is 23.4 Å². The highest BCUT2D eigenvalue weighted by molar-refractivity contribution is 5.94. The number of carbonyl (C=O) groups excluding carboxylic acids is 1. The first kappa shape index (κ1) is 11.1. The van der Waals surface area contributed by atoms with Crippen molar-refractivity contribution < 1.29 is 9.18 Å². The van der Waals surface area contributed by atoms with Crippen molar-refractivity contribution in [2.45, 2.75) is 32.2 Å². The number of amides is 1. The normalized spacial score (nSPS) is 20.1. The van der Waals surface area contributed by atoms with Gasteiger partial charge in [0.1, 0.15) is 5.82 Å². The molecule has 0 saturated carbocycles. The van der Waals surface area contributed by atoms with Gasteiger partial charge in [0.2, 0.25) is 0 Å². The second-order valence-electron chi connectivity index (χ2n) is 4.21. The minimum absolute atomic E-state index is 0.0318. The van der Waals surface area contributed by atoms with Gasteiger partial charge in [0.05, 0.1) is 0 Å². The summed E-state index contributed by atoms with van der Waals surface area (Å²) in [6.45, 7) is 2.93. The Bertz CT molecular complexity index is 374. The lowest BCUT2D eigenvalue weighted by atomic mass is 10.1. The third-order valence-electron chi connectivity index (χ3n) is 3.20. The number of carbonyl (C=O) groups is 1. The van der Waals surface area contributed by atoms with Crippen molar-refractivity contribution in [2.75, 3.05) is 6.54 Å². The highest BCUT2D eigenvalue weighted by atomic mass is 19.1. The van der Waals surface area contributed by atoms with Crippen molar-refractivity contribution in [3.8, 4) is 0 Å². The van der Waals surface area contributed by atoms with Gasteiger partial charge in [-0.1, -0.05) is 6.92 Å². The Morgan fingerprint density at radius 3 is 2.75 bits per heavy atom. The number of hydrogen-bond donors (Lipinski definition) is 0. The minimum Gasteiger partial charge on any atom is -0.336 e. The molecule has 1 aliphatic heterocycles. The van der Waals surface area contributed by atoms with Crippen LogP contribution in [-0.2, 0) is 0 Å². The predicted octanol–water partition coefficient (Wildman–Crippen LogP) is 2.84. The van der Waals surface area contributed by atoms with E-state index in [-0.39, 0.29) is 11.7 Å². The Morgan fingerprint density at radius 1 is 1.44 bits per heavy atom. The predicted molar refractivity (Wildman–Crippen MR) is 60.7 cm³/mol. The van der Waals surface area contributed by atoms with Gasteiger partial charge in [-0.3, -0.25) is 4.79 Å². The number of nitrogens with zero attached hydrogens (tertiary/aromatic N) is 1. The molecule has 1 saturated heterocycles. The molecule has 1 aromatic carbocycles. The summed E-state index contributed by atoms with van der Waals surface area (Å²) >= 11 is 0. The zero-order valence-electron chi connectivity index (χ0n) is 9.45. The van der Waals surface area contributed by atoms with Gasteiger partial charge in [-0.15, -0.1) is 0 Å². The Labute approximate surface area is 95.1 Å². The Hall–Kier alpha value is -1.38. The molecule has 0 unspecified atom stereocenters. The van der Waals surface area contributed by atoms with E-state index in [9.17, 15) is 9.18 Å². The number of rotatable bonds is 2. The Morgan fingerprint density at radius 2 is 2.12 bits per heavy atom. The summed E-state index contributed by atoms with van der Waals surface area (Å²) in [6.07, 6.45) is 3.15. The van der Waals surface area contributed by atoms with Gasteiger partial charge in [0.25, 0.3) is 5.91 Å². The topological polar surface area (TPSA) is 20.3 Å². The fraction of sp³-hybridized carbons (Fsp3) is 0.462. The molecule has 0 radical (unpaired) electrons. The number of halogens is 1. The van der Waals surface area contributed by atoms with Crippen LogP contribution in [0.3, 0.4) is 0 Å². The third kappa shape index (κ3) is 2.08. The standard InChI is InChI=1S/C13H16FNO/c1-2-12-4-3-9-15(12)13(16)10-5-7-11(14)8-6-10/h5-8,12H,2-4,9H2,1H3/t12-/m0/s1. The number of hydrogen-bond acceptors (Lipinski definition) is 1. The van der Waals surface area contributed by atoms with E-state index in [4.69, 9.17) is 0 Å². The van der Waals surface area contributed by atoms with Crippen molar-refractivity contribution in [3.63, 3.8) is 0 Å². The fourth-order valence-corrected chi connectivity index (χ4v) is 2.29. The monoisotopic (exact) mass is 221 g/mol. The van der Waals surface area contributed by atoms with E-state index < -0.39 is 0 Å². The lowest BCUT2D eigenvalue weighted by Gasteiger charge is -2.23. The average Bonchev–Trinajstić information content (AvgIpc) is 2.77. The summed E-state index contributed by atoms with van der Waals surface area (Å²) in [5.74, 6) is -0.269. The second-order valence-corrected chi connectivity index (χ2v) is 4.21. The van der Waals surface area contributed by atoms with Gasteiger partial charge >= 0.3 is 0 Å². The third-order valence-corrected chi connectivity index (χ3v) is 3.20. The van der Waals surface area contributed by atoms with Crippen molar-refractivity contribution in [2.24, 2.45) is 0 Å². The smallest absolute Gasteiger partial charge is 0.254 e. The van der Waals surface area contributed by atoms with Gasteiger partial charge in [-0.25, -0.2) is 4.39 Å². The van der Waals surface area contributed by atoms with E-state index in [2.05, 4.69) is 6.92 Å². The van der Waals surface area contributed by atoms with Crippen LogP contribution < -0.4 is 0 Å². The van der Waals surface area contributed by atoms with Crippen LogP contribution in [0, 0.1) is 5.82 Å². The van der Waals surface area contributed by atoms with Gasteiger partial charge < -0.3 is 4.90 Å². The maximum atomic E-state index is 12.7. The average molecular weight is 221 g/mol. The van der Waals surface area contributed by atoms with Crippen LogP contribution in [0.1, 0.15) is 36.5 Å². The van der Waals surface area contributed by atoms with Gasteiger partial charge in [-0.2, -0.15) is 0 Å². The molecular formula is C13H16FNO. The molecule has 0 bridgehead atoms. The Balaban J connectivity index is 2.15. The van der Waals surface area contributed by atoms with E-state index in [1.54, 1.807) is 12.1 Å². The van der Waals surface area contributed by atoms with Crippen LogP contribution in [0.5, 0.6) is 0 Å². The molecule has 1 atom stereocenters. The molecule has 1 aliphatic rings. The molecule has 2 nitrogen and oxygen atoms in total. The molecule has 1 amide bonds. The molecule has 3 heteroatoms. The highest BCUT2D eigenvalue weighted by Crippen LogP contribution is 2.22. The molecule has 86 valence electrons. The molecule has 1 aromatic rings. The van der Waals surface area contributed by atoms with Crippen LogP contribution in [0.15, 0.2) is 24.3 Å². The molecule has 0 aliphatic carbocycles. The van der Waals surface area contributed by atoms with Crippen molar-refractivity contribution in [1.82, 2.24) is 4.90 Å². The second kappa shape index (κ2) is 4.64. The summed E-state index contributed by atoms with van der Waals surface area (Å²) in [4.78, 5) is 14.0. The van der Waals surface area contributed by atoms with Gasteiger partial charge in [-0.05, 0) is 43.5 Å². The van der Waals surface area contributed by atoms with Crippen molar-refractivity contribution in [1.29, 1.82) is 0 Å². The minimum atomic E-state index is -0.301.